The number of benzene rings is 1. The Morgan fingerprint density at radius 2 is 2.19 bits per heavy atom. The summed E-state index contributed by atoms with van der Waals surface area (Å²) in [6, 6.07) is 5.74. The summed E-state index contributed by atoms with van der Waals surface area (Å²) in [6.07, 6.45) is 1.07. The second-order valence-electron chi connectivity index (χ2n) is 7.45. The number of likely N-dealkylation sites (tertiary alicyclic amines) is 1. The van der Waals surface area contributed by atoms with Crippen LogP contribution < -0.4 is 9.47 Å². The molecule has 0 N–H and O–H groups in total. The molecule has 1 aromatic carbocycles. The molecule has 2 amide bonds. The van der Waals surface area contributed by atoms with Crippen molar-refractivity contribution in [3.63, 3.8) is 0 Å². The lowest BCUT2D eigenvalue weighted by molar-refractivity contribution is -0.136. The van der Waals surface area contributed by atoms with Crippen LogP contribution in [0.5, 0.6) is 11.5 Å². The number of methoxy groups -OCH3 is 1. The van der Waals surface area contributed by atoms with Crippen LogP contribution in [0.15, 0.2) is 18.2 Å². The fourth-order valence-electron chi connectivity index (χ4n) is 3.65. The van der Waals surface area contributed by atoms with Gasteiger partial charge >= 0.3 is 0 Å². The number of hydrogen-bond donors (Lipinski definition) is 0. The molecule has 1 saturated heterocycles. The Hall–Kier alpha value is -2.28. The van der Waals surface area contributed by atoms with Crippen molar-refractivity contribution >= 4 is 11.8 Å². The average Bonchev–Trinajstić information content (AvgIpc) is 3.00. The van der Waals surface area contributed by atoms with Crippen LogP contribution in [0.3, 0.4) is 0 Å². The van der Waals surface area contributed by atoms with Gasteiger partial charge in [-0.15, -0.1) is 0 Å². The molecule has 0 saturated carbocycles. The summed E-state index contributed by atoms with van der Waals surface area (Å²) in [5, 5.41) is 0. The Bertz CT molecular complexity index is 692. The van der Waals surface area contributed by atoms with Crippen LogP contribution in [0.25, 0.3) is 0 Å². The molecule has 1 unspecified atom stereocenters. The van der Waals surface area contributed by atoms with Crippen LogP contribution in [-0.4, -0.2) is 80.5 Å². The smallest absolute Gasteiger partial charge is 0.228 e. The summed E-state index contributed by atoms with van der Waals surface area (Å²) in [6.45, 7) is 3.65. The van der Waals surface area contributed by atoms with E-state index in [0.29, 0.717) is 50.7 Å². The first-order valence-electron chi connectivity index (χ1n) is 9.49. The van der Waals surface area contributed by atoms with Crippen LogP contribution in [0.4, 0.5) is 0 Å². The van der Waals surface area contributed by atoms with E-state index >= 15 is 0 Å². The van der Waals surface area contributed by atoms with E-state index in [0.717, 1.165) is 18.5 Å². The molecule has 0 radical (unpaired) electrons. The molecule has 1 fully saturated rings. The first kappa shape index (κ1) is 19.5. The fraction of sp³-hybridized carbons (Fsp3) is 0.600. The van der Waals surface area contributed by atoms with Crippen LogP contribution in [-0.2, 0) is 16.1 Å². The molecule has 7 heteroatoms. The summed E-state index contributed by atoms with van der Waals surface area (Å²) in [5.41, 5.74) is 0.941. The third kappa shape index (κ3) is 4.53. The van der Waals surface area contributed by atoms with Crippen molar-refractivity contribution in [1.82, 2.24) is 14.7 Å². The van der Waals surface area contributed by atoms with Crippen molar-refractivity contribution in [2.75, 3.05) is 54.0 Å². The fourth-order valence-corrected chi connectivity index (χ4v) is 3.65. The predicted molar refractivity (Wildman–Crippen MR) is 102 cm³/mol. The highest BCUT2D eigenvalue weighted by Crippen LogP contribution is 2.33. The number of ether oxygens (including phenoxy) is 2. The predicted octanol–water partition coefficient (Wildman–Crippen LogP) is 1.22. The van der Waals surface area contributed by atoms with E-state index in [-0.39, 0.29) is 17.7 Å². The topological polar surface area (TPSA) is 62.3 Å². The number of amides is 2. The van der Waals surface area contributed by atoms with Crippen LogP contribution in [0, 0.1) is 5.92 Å². The summed E-state index contributed by atoms with van der Waals surface area (Å²) < 4.78 is 11.3. The van der Waals surface area contributed by atoms with Gasteiger partial charge in [-0.05, 0) is 26.6 Å². The number of rotatable bonds is 5. The standard InChI is InChI=1S/C20H29N3O4/c1-21(2)9-10-22-14-16(12-18(22)24)20(25)23-8-5-11-27-19-15(13-23)6-4-7-17(19)26-3/h4,6-7,16H,5,8-14H2,1-3H3. The minimum Gasteiger partial charge on any atom is -0.493 e. The highest BCUT2D eigenvalue weighted by Gasteiger charge is 2.36. The Balaban J connectivity index is 1.70. The van der Waals surface area contributed by atoms with Gasteiger partial charge in [0.25, 0.3) is 0 Å². The average molecular weight is 375 g/mol. The second-order valence-corrected chi connectivity index (χ2v) is 7.45. The molecule has 7 nitrogen and oxygen atoms in total. The molecule has 0 aromatic heterocycles. The molecule has 2 aliphatic rings. The van der Waals surface area contributed by atoms with Crippen LogP contribution >= 0.6 is 0 Å². The third-order valence-electron chi connectivity index (χ3n) is 5.15. The highest BCUT2D eigenvalue weighted by atomic mass is 16.5. The lowest BCUT2D eigenvalue weighted by atomic mass is 10.1. The highest BCUT2D eigenvalue weighted by molar-refractivity contribution is 5.89. The van der Waals surface area contributed by atoms with Gasteiger partial charge < -0.3 is 24.2 Å². The monoisotopic (exact) mass is 375 g/mol. The van der Waals surface area contributed by atoms with Gasteiger partial charge in [0.2, 0.25) is 11.8 Å². The zero-order chi connectivity index (χ0) is 19.4. The van der Waals surface area contributed by atoms with Gasteiger partial charge in [-0.3, -0.25) is 9.59 Å². The van der Waals surface area contributed by atoms with Gasteiger partial charge in [0.15, 0.2) is 11.5 Å². The quantitative estimate of drug-likeness (QED) is 0.774. The molecule has 0 spiro atoms. The van der Waals surface area contributed by atoms with Gasteiger partial charge in [-0.2, -0.15) is 0 Å². The second kappa shape index (κ2) is 8.61. The lowest BCUT2D eigenvalue weighted by Crippen LogP contribution is -2.39. The number of carbonyl (C=O) groups excluding carboxylic acids is 2. The van der Waals surface area contributed by atoms with Gasteiger partial charge in [-0.25, -0.2) is 0 Å². The molecular formula is C20H29N3O4. The Labute approximate surface area is 160 Å². The zero-order valence-electron chi connectivity index (χ0n) is 16.4. The van der Waals surface area contributed by atoms with Crippen molar-refractivity contribution < 1.29 is 19.1 Å². The maximum Gasteiger partial charge on any atom is 0.228 e. The van der Waals surface area contributed by atoms with Crippen molar-refractivity contribution in [1.29, 1.82) is 0 Å². The lowest BCUT2D eigenvalue weighted by Gasteiger charge is -2.29. The van der Waals surface area contributed by atoms with Gasteiger partial charge in [0, 0.05) is 44.7 Å². The first-order chi connectivity index (χ1) is 13.0. The van der Waals surface area contributed by atoms with E-state index in [1.54, 1.807) is 7.11 Å². The SMILES string of the molecule is COc1cccc2c1OCCCN(C(=O)C1CC(=O)N(CCN(C)C)C1)C2. The minimum absolute atomic E-state index is 0.0615. The number of likely N-dealkylation sites (N-methyl/N-ethyl adjacent to an activating group) is 1. The number of para-hydroxylation sites is 1. The van der Waals surface area contributed by atoms with E-state index in [4.69, 9.17) is 9.47 Å². The summed E-state index contributed by atoms with van der Waals surface area (Å²) in [4.78, 5) is 31.1. The van der Waals surface area contributed by atoms with E-state index in [1.165, 1.54) is 0 Å². The third-order valence-corrected chi connectivity index (χ3v) is 5.15. The van der Waals surface area contributed by atoms with E-state index in [9.17, 15) is 9.59 Å². The molecule has 27 heavy (non-hydrogen) atoms. The molecule has 2 heterocycles. The van der Waals surface area contributed by atoms with Gasteiger partial charge in [0.1, 0.15) is 0 Å². The van der Waals surface area contributed by atoms with Crippen molar-refractivity contribution in [2.45, 2.75) is 19.4 Å². The van der Waals surface area contributed by atoms with Crippen molar-refractivity contribution in [2.24, 2.45) is 5.92 Å². The Morgan fingerprint density at radius 3 is 2.93 bits per heavy atom. The van der Waals surface area contributed by atoms with Crippen LogP contribution in [0.2, 0.25) is 0 Å². The summed E-state index contributed by atoms with van der Waals surface area (Å²) >= 11 is 0. The molecule has 0 aliphatic carbocycles. The van der Waals surface area contributed by atoms with E-state index in [2.05, 4.69) is 0 Å². The number of carbonyl (C=O) groups is 2. The van der Waals surface area contributed by atoms with Gasteiger partial charge in [-0.1, -0.05) is 12.1 Å². The largest absolute Gasteiger partial charge is 0.493 e. The molecule has 2 aliphatic heterocycles. The Morgan fingerprint density at radius 1 is 1.37 bits per heavy atom. The number of fused-ring (bicyclic) bond motifs is 1. The van der Waals surface area contributed by atoms with Crippen LogP contribution in [0.1, 0.15) is 18.4 Å². The number of nitrogens with zero attached hydrogens (tertiary/aromatic N) is 3. The summed E-state index contributed by atoms with van der Waals surface area (Å²) in [5.74, 6) is 1.29. The Kier molecular flexibility index (Phi) is 6.21. The molecule has 1 atom stereocenters. The molecule has 3 rings (SSSR count). The van der Waals surface area contributed by atoms with E-state index < -0.39 is 0 Å². The zero-order valence-corrected chi connectivity index (χ0v) is 16.4. The molecule has 1 aromatic rings. The van der Waals surface area contributed by atoms with E-state index in [1.807, 2.05) is 47.0 Å². The normalized spacial score (nSPS) is 20.1. The minimum atomic E-state index is -0.255. The molecule has 0 bridgehead atoms. The maximum absolute atomic E-state index is 13.1. The maximum atomic E-state index is 13.1. The number of hydrogen-bond acceptors (Lipinski definition) is 5. The first-order valence-corrected chi connectivity index (χ1v) is 9.49. The van der Waals surface area contributed by atoms with Crippen molar-refractivity contribution in [3.05, 3.63) is 23.8 Å². The molecule has 148 valence electrons. The molecular weight excluding hydrogens is 346 g/mol. The summed E-state index contributed by atoms with van der Waals surface area (Å²) in [7, 11) is 5.58. The van der Waals surface area contributed by atoms with Crippen molar-refractivity contribution in [3.8, 4) is 11.5 Å². The van der Waals surface area contributed by atoms with Gasteiger partial charge in [0.05, 0.1) is 19.6 Å².